The summed E-state index contributed by atoms with van der Waals surface area (Å²) >= 11 is 1.87. The van der Waals surface area contributed by atoms with Crippen molar-refractivity contribution in [2.75, 3.05) is 11.4 Å². The van der Waals surface area contributed by atoms with Gasteiger partial charge in [-0.3, -0.25) is 0 Å². The lowest BCUT2D eigenvalue weighted by atomic mass is 10.1. The summed E-state index contributed by atoms with van der Waals surface area (Å²) in [6.07, 6.45) is 1.58. The van der Waals surface area contributed by atoms with Crippen LogP contribution in [0.4, 0.5) is 5.69 Å². The molecule has 1 N–H and O–H groups in total. The van der Waals surface area contributed by atoms with Crippen LogP contribution in [0.1, 0.15) is 35.5 Å². The van der Waals surface area contributed by atoms with Crippen molar-refractivity contribution in [1.29, 1.82) is 0 Å². The Morgan fingerprint density at radius 2 is 2.05 bits per heavy atom. The number of hydrogen-bond donors (Lipinski definition) is 1. The second-order valence-electron chi connectivity index (χ2n) is 5.06. The van der Waals surface area contributed by atoms with Gasteiger partial charge >= 0.3 is 0 Å². The van der Waals surface area contributed by atoms with Gasteiger partial charge < -0.3 is 10.0 Å². The highest BCUT2D eigenvalue weighted by molar-refractivity contribution is 7.10. The van der Waals surface area contributed by atoms with Crippen LogP contribution in [0.3, 0.4) is 0 Å². The van der Waals surface area contributed by atoms with E-state index in [0.29, 0.717) is 0 Å². The third-order valence-corrected chi connectivity index (χ3v) is 4.86. The van der Waals surface area contributed by atoms with Gasteiger partial charge in [-0.2, -0.15) is 0 Å². The van der Waals surface area contributed by atoms with Crippen molar-refractivity contribution in [2.24, 2.45) is 0 Å². The van der Waals surface area contributed by atoms with Crippen molar-refractivity contribution in [1.82, 2.24) is 0 Å². The summed E-state index contributed by atoms with van der Waals surface area (Å²) in [5.74, 6) is 0. The predicted octanol–water partition coefficient (Wildman–Crippen LogP) is 3.75. The zero-order valence-electron chi connectivity index (χ0n) is 11.2. The Labute approximate surface area is 118 Å². The molecule has 3 heteroatoms. The maximum atomic E-state index is 9.82. The number of nitrogens with zero attached hydrogens (tertiary/aromatic N) is 1. The molecule has 2 aromatic rings. The van der Waals surface area contributed by atoms with Gasteiger partial charge in [0.15, 0.2) is 0 Å². The molecule has 1 aromatic heterocycles. The lowest BCUT2D eigenvalue weighted by molar-refractivity contribution is 0.173. The first kappa shape index (κ1) is 12.7. The number of benzene rings is 1. The standard InChI is InChI=1S/C16H19NOS/c1-2-15(18)12-3-5-14(6-4-12)17-9-7-16-13(11-17)8-10-19-16/h3-6,8,10,15,18H,2,7,9,11H2,1H3/t15-/m0/s1. The molecule has 1 aromatic carbocycles. The Morgan fingerprint density at radius 1 is 1.26 bits per heavy atom. The fraction of sp³-hybridized carbons (Fsp3) is 0.375. The number of aliphatic hydroxyl groups is 1. The average Bonchev–Trinajstić information content (AvgIpc) is 2.94. The van der Waals surface area contributed by atoms with E-state index in [1.54, 1.807) is 0 Å². The Hall–Kier alpha value is -1.32. The summed E-state index contributed by atoms with van der Waals surface area (Å²) in [4.78, 5) is 3.95. The van der Waals surface area contributed by atoms with Crippen molar-refractivity contribution in [3.05, 3.63) is 51.7 Å². The van der Waals surface area contributed by atoms with E-state index >= 15 is 0 Å². The molecule has 0 saturated heterocycles. The number of rotatable bonds is 3. The van der Waals surface area contributed by atoms with Gasteiger partial charge in [0, 0.05) is 23.7 Å². The first-order valence-electron chi connectivity index (χ1n) is 6.86. The Morgan fingerprint density at radius 3 is 2.79 bits per heavy atom. The molecule has 0 unspecified atom stereocenters. The van der Waals surface area contributed by atoms with E-state index in [2.05, 4.69) is 28.5 Å². The van der Waals surface area contributed by atoms with E-state index in [9.17, 15) is 5.11 Å². The van der Waals surface area contributed by atoms with E-state index < -0.39 is 0 Å². The molecule has 0 spiro atoms. The zero-order valence-corrected chi connectivity index (χ0v) is 12.0. The molecule has 0 amide bonds. The molecule has 1 atom stereocenters. The van der Waals surface area contributed by atoms with E-state index in [0.717, 1.165) is 31.5 Å². The summed E-state index contributed by atoms with van der Waals surface area (Å²) in [6.45, 7) is 4.10. The summed E-state index contributed by atoms with van der Waals surface area (Å²) in [5, 5.41) is 12.0. The second-order valence-corrected chi connectivity index (χ2v) is 6.06. The third kappa shape index (κ3) is 2.53. The molecule has 2 heterocycles. The van der Waals surface area contributed by atoms with Gasteiger partial charge in [0.25, 0.3) is 0 Å². The topological polar surface area (TPSA) is 23.5 Å². The van der Waals surface area contributed by atoms with Gasteiger partial charge in [0.1, 0.15) is 0 Å². The average molecular weight is 273 g/mol. The van der Waals surface area contributed by atoms with Crippen molar-refractivity contribution >= 4 is 17.0 Å². The van der Waals surface area contributed by atoms with Gasteiger partial charge in [-0.25, -0.2) is 0 Å². The van der Waals surface area contributed by atoms with Crippen molar-refractivity contribution in [2.45, 2.75) is 32.4 Å². The number of anilines is 1. The molecular weight excluding hydrogens is 254 g/mol. The summed E-state index contributed by atoms with van der Waals surface area (Å²) in [6, 6.07) is 10.6. The minimum Gasteiger partial charge on any atom is -0.388 e. The van der Waals surface area contributed by atoms with Crippen LogP contribution >= 0.6 is 11.3 Å². The normalized spacial score (nSPS) is 16.2. The maximum absolute atomic E-state index is 9.82. The van der Waals surface area contributed by atoms with Gasteiger partial charge in [0.05, 0.1) is 6.10 Å². The van der Waals surface area contributed by atoms with Crippen LogP contribution in [-0.2, 0) is 13.0 Å². The largest absolute Gasteiger partial charge is 0.388 e. The molecular formula is C16H19NOS. The highest BCUT2D eigenvalue weighted by atomic mass is 32.1. The molecule has 1 aliphatic heterocycles. The molecule has 0 fully saturated rings. The molecule has 19 heavy (non-hydrogen) atoms. The Bertz CT molecular complexity index is 546. The fourth-order valence-corrected chi connectivity index (χ4v) is 3.50. The minimum absolute atomic E-state index is 0.334. The minimum atomic E-state index is -0.334. The molecule has 2 nitrogen and oxygen atoms in total. The monoisotopic (exact) mass is 273 g/mol. The van der Waals surface area contributed by atoms with Crippen LogP contribution in [0.2, 0.25) is 0 Å². The molecule has 3 rings (SSSR count). The van der Waals surface area contributed by atoms with Gasteiger partial charge in [-0.15, -0.1) is 11.3 Å². The van der Waals surface area contributed by atoms with Gasteiger partial charge in [0.2, 0.25) is 0 Å². The lowest BCUT2D eigenvalue weighted by Crippen LogP contribution is -2.29. The number of aliphatic hydroxyl groups excluding tert-OH is 1. The molecule has 1 aliphatic rings. The van der Waals surface area contributed by atoms with Crippen LogP contribution in [0.15, 0.2) is 35.7 Å². The van der Waals surface area contributed by atoms with Gasteiger partial charge in [-0.05, 0) is 47.5 Å². The number of hydrogen-bond acceptors (Lipinski definition) is 3. The highest BCUT2D eigenvalue weighted by Crippen LogP contribution is 2.28. The smallest absolute Gasteiger partial charge is 0.0787 e. The second kappa shape index (κ2) is 5.35. The lowest BCUT2D eigenvalue weighted by Gasteiger charge is -2.29. The highest BCUT2D eigenvalue weighted by Gasteiger charge is 2.17. The van der Waals surface area contributed by atoms with E-state index in [4.69, 9.17) is 0 Å². The molecule has 0 saturated carbocycles. The van der Waals surface area contributed by atoms with E-state index in [1.165, 1.54) is 16.1 Å². The SMILES string of the molecule is CC[C@H](O)c1ccc(N2CCc3sccc3C2)cc1. The Balaban J connectivity index is 1.77. The Kier molecular flexibility index (Phi) is 3.58. The number of fused-ring (bicyclic) bond motifs is 1. The van der Waals surface area contributed by atoms with Crippen LogP contribution in [0.5, 0.6) is 0 Å². The fourth-order valence-electron chi connectivity index (χ4n) is 2.61. The van der Waals surface area contributed by atoms with Crippen molar-refractivity contribution in [3.63, 3.8) is 0 Å². The summed E-state index contributed by atoms with van der Waals surface area (Å²) < 4.78 is 0. The third-order valence-electron chi connectivity index (χ3n) is 3.84. The van der Waals surface area contributed by atoms with E-state index in [-0.39, 0.29) is 6.10 Å². The van der Waals surface area contributed by atoms with Crippen molar-refractivity contribution < 1.29 is 5.11 Å². The summed E-state index contributed by atoms with van der Waals surface area (Å²) in [7, 11) is 0. The first-order chi connectivity index (χ1) is 9.28. The maximum Gasteiger partial charge on any atom is 0.0787 e. The van der Waals surface area contributed by atoms with Crippen LogP contribution in [-0.4, -0.2) is 11.7 Å². The van der Waals surface area contributed by atoms with Gasteiger partial charge in [-0.1, -0.05) is 19.1 Å². The molecule has 0 bridgehead atoms. The molecule has 100 valence electrons. The first-order valence-corrected chi connectivity index (χ1v) is 7.74. The predicted molar refractivity (Wildman–Crippen MR) is 80.8 cm³/mol. The zero-order chi connectivity index (χ0) is 13.2. The van der Waals surface area contributed by atoms with Crippen LogP contribution in [0.25, 0.3) is 0 Å². The number of thiophene rings is 1. The summed E-state index contributed by atoms with van der Waals surface area (Å²) in [5.41, 5.74) is 3.73. The van der Waals surface area contributed by atoms with Crippen LogP contribution < -0.4 is 4.90 Å². The van der Waals surface area contributed by atoms with Crippen LogP contribution in [0, 0.1) is 0 Å². The van der Waals surface area contributed by atoms with E-state index in [1.807, 2.05) is 30.4 Å². The molecule has 0 aliphatic carbocycles. The quantitative estimate of drug-likeness (QED) is 0.920. The molecule has 0 radical (unpaired) electrons. The van der Waals surface area contributed by atoms with Crippen molar-refractivity contribution in [3.8, 4) is 0 Å².